The van der Waals surface area contributed by atoms with Crippen molar-refractivity contribution in [2.45, 2.75) is 6.92 Å². The van der Waals surface area contributed by atoms with Gasteiger partial charge in [0.2, 0.25) is 0 Å². The summed E-state index contributed by atoms with van der Waals surface area (Å²) in [6, 6.07) is 3.76. The molecule has 2 rings (SSSR count). The third kappa shape index (κ3) is 3.04. The summed E-state index contributed by atoms with van der Waals surface area (Å²) in [5, 5.41) is 4.66. The van der Waals surface area contributed by atoms with Gasteiger partial charge in [-0.2, -0.15) is 0 Å². The summed E-state index contributed by atoms with van der Waals surface area (Å²) in [5.74, 6) is 0.780. The summed E-state index contributed by atoms with van der Waals surface area (Å²) < 4.78 is 11.5. The predicted octanol–water partition coefficient (Wildman–Crippen LogP) is 3.41. The lowest BCUT2D eigenvalue weighted by molar-refractivity contribution is 0.211. The number of anilines is 1. The quantitative estimate of drug-likeness (QED) is 0.827. The lowest BCUT2D eigenvalue weighted by Crippen LogP contribution is -2.06. The minimum atomic E-state index is 0.618. The predicted molar refractivity (Wildman–Crippen MR) is 76.2 cm³/mol. The van der Waals surface area contributed by atoms with E-state index in [0.717, 1.165) is 27.6 Å². The summed E-state index contributed by atoms with van der Waals surface area (Å²) in [6.07, 6.45) is 0. The number of nitrogens with one attached hydrogen (secondary N) is 1. The van der Waals surface area contributed by atoms with Crippen LogP contribution in [0.25, 0.3) is 10.2 Å². The second kappa shape index (κ2) is 6.22. The minimum absolute atomic E-state index is 0.618. The van der Waals surface area contributed by atoms with Crippen LogP contribution < -0.4 is 10.1 Å². The van der Waals surface area contributed by atoms with E-state index < -0.39 is 0 Å². The number of ether oxygens (including phenoxy) is 2. The van der Waals surface area contributed by atoms with Crippen molar-refractivity contribution in [2.24, 2.45) is 0 Å². The van der Waals surface area contributed by atoms with Crippen LogP contribution in [-0.2, 0) is 4.74 Å². The van der Waals surface area contributed by atoms with E-state index in [1.807, 2.05) is 13.0 Å². The molecule has 1 aromatic carbocycles. The molecule has 1 heterocycles. The number of aromatic nitrogens is 1. The number of nitrogens with zero attached hydrogens (tertiary/aromatic N) is 1. The molecule has 0 unspecified atom stereocenters. The maximum absolute atomic E-state index is 6.18. The highest BCUT2D eigenvalue weighted by atomic mass is 35.5. The molecule has 0 aliphatic rings. The first-order valence-electron chi connectivity index (χ1n) is 5.70. The number of rotatable bonds is 6. The Morgan fingerprint density at radius 3 is 3.00 bits per heavy atom. The smallest absolute Gasteiger partial charge is 0.183 e. The van der Waals surface area contributed by atoms with Crippen LogP contribution in [0.1, 0.15) is 6.92 Å². The first-order valence-corrected chi connectivity index (χ1v) is 6.89. The maximum atomic E-state index is 6.18. The summed E-state index contributed by atoms with van der Waals surface area (Å²) >= 11 is 7.74. The van der Waals surface area contributed by atoms with Gasteiger partial charge in [-0.25, -0.2) is 4.98 Å². The van der Waals surface area contributed by atoms with Crippen LogP contribution in [0.3, 0.4) is 0 Å². The average molecular weight is 287 g/mol. The van der Waals surface area contributed by atoms with E-state index >= 15 is 0 Å². The van der Waals surface area contributed by atoms with Crippen LogP contribution in [0, 0.1) is 0 Å². The summed E-state index contributed by atoms with van der Waals surface area (Å²) in [6.45, 7) is 3.95. The van der Waals surface area contributed by atoms with Crippen LogP contribution in [0.2, 0.25) is 5.02 Å². The van der Waals surface area contributed by atoms with E-state index in [0.29, 0.717) is 18.2 Å². The molecule has 6 heteroatoms. The SMILES string of the molecule is CCOc1cc(Cl)c2nc(NCCOC)sc2c1. The third-order valence-corrected chi connectivity index (χ3v) is 3.56. The van der Waals surface area contributed by atoms with Gasteiger partial charge in [0, 0.05) is 19.7 Å². The molecule has 0 amide bonds. The molecule has 0 bridgehead atoms. The van der Waals surface area contributed by atoms with E-state index in [4.69, 9.17) is 21.1 Å². The number of benzene rings is 1. The summed E-state index contributed by atoms with van der Waals surface area (Å²) in [4.78, 5) is 4.45. The fourth-order valence-corrected chi connectivity index (χ4v) is 2.81. The lowest BCUT2D eigenvalue weighted by Gasteiger charge is -2.02. The topological polar surface area (TPSA) is 43.4 Å². The number of thiazole rings is 1. The fraction of sp³-hybridized carbons (Fsp3) is 0.417. The highest BCUT2D eigenvalue weighted by Gasteiger charge is 2.09. The van der Waals surface area contributed by atoms with E-state index in [1.165, 1.54) is 0 Å². The molecule has 0 aliphatic heterocycles. The minimum Gasteiger partial charge on any atom is -0.494 e. The number of methoxy groups -OCH3 is 1. The third-order valence-electron chi connectivity index (χ3n) is 2.32. The second-order valence-electron chi connectivity index (χ2n) is 3.62. The normalized spacial score (nSPS) is 10.8. The van der Waals surface area contributed by atoms with Gasteiger partial charge in [-0.3, -0.25) is 0 Å². The Morgan fingerprint density at radius 2 is 2.28 bits per heavy atom. The van der Waals surface area contributed by atoms with Gasteiger partial charge in [0.05, 0.1) is 22.9 Å². The number of hydrogen-bond acceptors (Lipinski definition) is 5. The van der Waals surface area contributed by atoms with Gasteiger partial charge in [-0.15, -0.1) is 0 Å². The van der Waals surface area contributed by atoms with Crippen LogP contribution in [-0.4, -0.2) is 31.9 Å². The zero-order chi connectivity index (χ0) is 13.0. The second-order valence-corrected chi connectivity index (χ2v) is 5.06. The lowest BCUT2D eigenvalue weighted by atomic mass is 10.3. The molecule has 1 aromatic heterocycles. The summed E-state index contributed by atoms with van der Waals surface area (Å²) in [5.41, 5.74) is 0.810. The number of hydrogen-bond donors (Lipinski definition) is 1. The molecule has 0 fully saturated rings. The zero-order valence-corrected chi connectivity index (χ0v) is 11.9. The van der Waals surface area contributed by atoms with E-state index in [1.54, 1.807) is 24.5 Å². The van der Waals surface area contributed by atoms with Gasteiger partial charge in [-0.05, 0) is 13.0 Å². The molecular formula is C12H15ClN2O2S. The standard InChI is InChI=1S/C12H15ClN2O2S/c1-3-17-8-6-9(13)11-10(7-8)18-12(15-11)14-4-5-16-2/h6-7H,3-5H2,1-2H3,(H,14,15). The molecule has 4 nitrogen and oxygen atoms in total. The molecule has 0 radical (unpaired) electrons. The maximum Gasteiger partial charge on any atom is 0.183 e. The van der Waals surface area contributed by atoms with Gasteiger partial charge in [0.25, 0.3) is 0 Å². The molecule has 0 spiro atoms. The molecule has 98 valence electrons. The van der Waals surface area contributed by atoms with Gasteiger partial charge in [0.15, 0.2) is 5.13 Å². The molecule has 18 heavy (non-hydrogen) atoms. The molecule has 0 atom stereocenters. The Kier molecular flexibility index (Phi) is 4.63. The van der Waals surface area contributed by atoms with Crippen LogP contribution in [0.4, 0.5) is 5.13 Å². The average Bonchev–Trinajstić information content (AvgIpc) is 2.73. The molecule has 0 aliphatic carbocycles. The van der Waals surface area contributed by atoms with Crippen molar-refractivity contribution in [3.8, 4) is 5.75 Å². The van der Waals surface area contributed by atoms with Crippen molar-refractivity contribution in [3.05, 3.63) is 17.2 Å². The Balaban J connectivity index is 2.23. The first kappa shape index (κ1) is 13.4. The van der Waals surface area contributed by atoms with Gasteiger partial charge in [-0.1, -0.05) is 22.9 Å². The monoisotopic (exact) mass is 286 g/mol. The van der Waals surface area contributed by atoms with Crippen LogP contribution in [0.5, 0.6) is 5.75 Å². The molecule has 2 aromatic rings. The molecule has 0 saturated carbocycles. The van der Waals surface area contributed by atoms with Crippen molar-refractivity contribution in [1.82, 2.24) is 4.98 Å². The largest absolute Gasteiger partial charge is 0.494 e. The van der Waals surface area contributed by atoms with Crippen molar-refractivity contribution >= 4 is 38.3 Å². The van der Waals surface area contributed by atoms with E-state index in [2.05, 4.69) is 10.3 Å². The van der Waals surface area contributed by atoms with Crippen molar-refractivity contribution in [2.75, 3.05) is 32.2 Å². The Hall–Kier alpha value is -1.04. The molecule has 0 saturated heterocycles. The van der Waals surface area contributed by atoms with E-state index in [9.17, 15) is 0 Å². The van der Waals surface area contributed by atoms with Crippen molar-refractivity contribution in [3.63, 3.8) is 0 Å². The number of halogens is 1. The van der Waals surface area contributed by atoms with Gasteiger partial charge >= 0.3 is 0 Å². The van der Waals surface area contributed by atoms with Crippen LogP contribution >= 0.6 is 22.9 Å². The highest BCUT2D eigenvalue weighted by Crippen LogP contribution is 2.34. The Morgan fingerprint density at radius 1 is 1.44 bits per heavy atom. The highest BCUT2D eigenvalue weighted by molar-refractivity contribution is 7.22. The summed E-state index contributed by atoms with van der Waals surface area (Å²) in [7, 11) is 1.67. The number of fused-ring (bicyclic) bond motifs is 1. The Bertz CT molecular complexity index is 530. The fourth-order valence-electron chi connectivity index (χ4n) is 1.55. The van der Waals surface area contributed by atoms with E-state index in [-0.39, 0.29) is 0 Å². The molecular weight excluding hydrogens is 272 g/mol. The van der Waals surface area contributed by atoms with Crippen molar-refractivity contribution in [1.29, 1.82) is 0 Å². The van der Waals surface area contributed by atoms with Gasteiger partial charge < -0.3 is 14.8 Å². The first-order chi connectivity index (χ1) is 8.74. The van der Waals surface area contributed by atoms with Gasteiger partial charge in [0.1, 0.15) is 11.3 Å². The zero-order valence-electron chi connectivity index (χ0n) is 10.3. The Labute approximate surface area is 115 Å². The van der Waals surface area contributed by atoms with Crippen molar-refractivity contribution < 1.29 is 9.47 Å². The van der Waals surface area contributed by atoms with Crippen LogP contribution in [0.15, 0.2) is 12.1 Å². The molecule has 1 N–H and O–H groups in total.